The van der Waals surface area contributed by atoms with E-state index < -0.39 is 7.25 Å². The van der Waals surface area contributed by atoms with Crippen LogP contribution in [0.1, 0.15) is 79.1 Å². The molecule has 0 nitrogen and oxygen atoms in total. The van der Waals surface area contributed by atoms with Crippen molar-refractivity contribution in [1.82, 2.24) is 0 Å². The van der Waals surface area contributed by atoms with Crippen LogP contribution in [0.2, 0.25) is 0 Å². The van der Waals surface area contributed by atoms with Gasteiger partial charge in [-0.1, -0.05) is 52.0 Å². The average Bonchev–Trinajstić information content (AvgIpc) is 3.06. The van der Waals surface area contributed by atoms with Gasteiger partial charge in [-0.05, 0) is 86.3 Å². The maximum atomic E-state index is 9.75. The van der Waals surface area contributed by atoms with Crippen LogP contribution in [0.25, 0.3) is 0 Å². The third-order valence-corrected chi connectivity index (χ3v) is 13.6. The maximum Gasteiger partial charge on any atom is 0.673 e. The van der Waals surface area contributed by atoms with Crippen molar-refractivity contribution in [3.8, 4) is 0 Å². The summed E-state index contributed by atoms with van der Waals surface area (Å²) in [5, 5.41) is 0. The number of allylic oxidation sites excluding steroid dienone is 4. The topological polar surface area (TPSA) is 0 Å². The Labute approximate surface area is 197 Å². The van der Waals surface area contributed by atoms with Gasteiger partial charge in [0.25, 0.3) is 0 Å². The van der Waals surface area contributed by atoms with E-state index in [-0.39, 0.29) is 19.5 Å². The monoisotopic (exact) mass is 556 g/mol. The first-order valence-corrected chi connectivity index (χ1v) is 14.6. The molecule has 3 rings (SSSR count). The molecule has 0 bridgehead atoms. The standard InChI is InChI=1S/C14H28P2.C8H12.BF4.Rh/c1-11-5-6-12(2)15(11)9-10-16-13(3)7-8-14(16)4;1-2-4-6-8-7-5-3-1;2-1(3,4)5;/h11-14H,5-10H2,1-4H3;1-2,7-8H,3-6H2;;/q;;-1;/b;2-1-,8-7-;;. The SMILES string of the molecule is C1=C\CC/C=C\CC/1.CC1CCC(C)P1CCP1C(C)CCC1C.F[B-](F)(F)F.[Rh]. The van der Waals surface area contributed by atoms with Gasteiger partial charge >= 0.3 is 7.25 Å². The zero-order valence-corrected chi connectivity index (χ0v) is 22.4. The Hall–Kier alpha value is 0.748. The summed E-state index contributed by atoms with van der Waals surface area (Å²) in [7, 11) is -5.21. The quantitative estimate of drug-likeness (QED) is 0.141. The molecule has 4 atom stereocenters. The van der Waals surface area contributed by atoms with Gasteiger partial charge in [0.05, 0.1) is 0 Å². The van der Waals surface area contributed by atoms with Crippen LogP contribution in [0.15, 0.2) is 24.3 Å². The number of hydrogen-bond acceptors (Lipinski definition) is 0. The van der Waals surface area contributed by atoms with Crippen molar-refractivity contribution >= 4 is 23.1 Å². The van der Waals surface area contributed by atoms with Crippen molar-refractivity contribution in [2.24, 2.45) is 0 Å². The molecule has 30 heavy (non-hydrogen) atoms. The first-order valence-electron chi connectivity index (χ1n) is 11.3. The molecule has 2 saturated heterocycles. The summed E-state index contributed by atoms with van der Waals surface area (Å²) in [5.74, 6) is 0. The minimum absolute atomic E-state index is 0. The molecule has 179 valence electrons. The molecule has 0 N–H and O–H groups in total. The molecule has 2 fully saturated rings. The van der Waals surface area contributed by atoms with Crippen molar-refractivity contribution in [1.29, 1.82) is 0 Å². The summed E-state index contributed by atoms with van der Waals surface area (Å²) < 4.78 is 39.0. The molecule has 0 spiro atoms. The molecule has 0 aromatic rings. The van der Waals surface area contributed by atoms with E-state index in [0.29, 0.717) is 15.8 Å². The van der Waals surface area contributed by atoms with Gasteiger partial charge in [-0.2, -0.15) is 0 Å². The zero-order valence-electron chi connectivity index (χ0n) is 19.0. The van der Waals surface area contributed by atoms with Gasteiger partial charge in [0.1, 0.15) is 0 Å². The molecule has 0 amide bonds. The molecule has 8 heteroatoms. The van der Waals surface area contributed by atoms with E-state index in [4.69, 9.17) is 0 Å². The molecule has 2 heterocycles. The Balaban J connectivity index is 0.000000504. The minimum Gasteiger partial charge on any atom is -0.418 e. The summed E-state index contributed by atoms with van der Waals surface area (Å²) in [5.41, 5.74) is 4.31. The van der Waals surface area contributed by atoms with Crippen LogP contribution in [-0.4, -0.2) is 42.2 Å². The Morgan fingerprint density at radius 2 is 0.800 bits per heavy atom. The van der Waals surface area contributed by atoms with E-state index >= 15 is 0 Å². The average molecular weight is 556 g/mol. The predicted molar refractivity (Wildman–Crippen MR) is 127 cm³/mol. The van der Waals surface area contributed by atoms with E-state index in [1.165, 1.54) is 51.4 Å². The second kappa shape index (κ2) is 16.4. The Morgan fingerprint density at radius 3 is 1.00 bits per heavy atom. The summed E-state index contributed by atoms with van der Waals surface area (Å²) in [6.45, 7) is 10.1. The summed E-state index contributed by atoms with van der Waals surface area (Å²) >= 11 is 0. The minimum atomic E-state index is -6.00. The molecule has 3 aliphatic rings. The largest absolute Gasteiger partial charge is 0.673 e. The van der Waals surface area contributed by atoms with Gasteiger partial charge in [-0.15, -0.1) is 15.8 Å². The van der Waals surface area contributed by atoms with Crippen LogP contribution >= 0.6 is 15.8 Å². The fourth-order valence-electron chi connectivity index (χ4n) is 4.47. The Kier molecular flexibility index (Phi) is 16.8. The molecule has 0 saturated carbocycles. The van der Waals surface area contributed by atoms with E-state index in [1.54, 1.807) is 12.3 Å². The number of rotatable bonds is 3. The van der Waals surface area contributed by atoms with Crippen LogP contribution in [-0.2, 0) is 19.5 Å². The fraction of sp³-hybridized carbons (Fsp3) is 0.818. The molecule has 1 aliphatic carbocycles. The molecular formula is C22H40BF4P2Rh-. The normalized spacial score (nSPS) is 35.5. The van der Waals surface area contributed by atoms with E-state index in [0.717, 1.165) is 22.6 Å². The third-order valence-electron chi connectivity index (χ3n) is 6.22. The van der Waals surface area contributed by atoms with E-state index in [2.05, 4.69) is 52.0 Å². The summed E-state index contributed by atoms with van der Waals surface area (Å²) in [6, 6.07) is 0. The van der Waals surface area contributed by atoms with Crippen LogP contribution in [0, 0.1) is 0 Å². The fourth-order valence-corrected chi connectivity index (χ4v) is 11.7. The van der Waals surface area contributed by atoms with E-state index in [9.17, 15) is 17.3 Å². The van der Waals surface area contributed by atoms with Crippen LogP contribution in [0.5, 0.6) is 0 Å². The second-order valence-corrected chi connectivity index (χ2v) is 15.1. The van der Waals surface area contributed by atoms with Crippen LogP contribution < -0.4 is 0 Å². The van der Waals surface area contributed by atoms with Gasteiger partial charge < -0.3 is 17.3 Å². The van der Waals surface area contributed by atoms with Crippen LogP contribution in [0.3, 0.4) is 0 Å². The summed E-state index contributed by atoms with van der Waals surface area (Å²) in [4.78, 5) is 0. The maximum absolute atomic E-state index is 9.75. The van der Waals surface area contributed by atoms with Gasteiger partial charge in [-0.3, -0.25) is 0 Å². The molecular weight excluding hydrogens is 516 g/mol. The van der Waals surface area contributed by atoms with Gasteiger partial charge in [0, 0.05) is 19.5 Å². The third kappa shape index (κ3) is 14.0. The van der Waals surface area contributed by atoms with Crippen molar-refractivity contribution < 1.29 is 36.7 Å². The number of hydrogen-bond donors (Lipinski definition) is 0. The van der Waals surface area contributed by atoms with Crippen molar-refractivity contribution in [2.75, 3.05) is 12.3 Å². The second-order valence-electron chi connectivity index (χ2n) is 8.62. The zero-order chi connectivity index (χ0) is 21.9. The molecule has 4 unspecified atom stereocenters. The molecule has 1 radical (unpaired) electrons. The van der Waals surface area contributed by atoms with Crippen LogP contribution in [0.4, 0.5) is 17.3 Å². The Morgan fingerprint density at radius 1 is 0.600 bits per heavy atom. The molecule has 0 aromatic carbocycles. The number of halogens is 4. The summed E-state index contributed by atoms with van der Waals surface area (Å²) in [6.07, 6.45) is 23.3. The van der Waals surface area contributed by atoms with Gasteiger partial charge in [0.2, 0.25) is 0 Å². The first kappa shape index (κ1) is 30.7. The van der Waals surface area contributed by atoms with E-state index in [1.807, 2.05) is 0 Å². The Bertz CT molecular complexity index is 426. The van der Waals surface area contributed by atoms with Gasteiger partial charge in [0.15, 0.2) is 0 Å². The van der Waals surface area contributed by atoms with Crippen molar-refractivity contribution in [3.63, 3.8) is 0 Å². The predicted octanol–water partition coefficient (Wildman–Crippen LogP) is 9.06. The first-order chi connectivity index (χ1) is 13.6. The molecule has 0 aromatic heterocycles. The molecule has 2 aliphatic heterocycles. The van der Waals surface area contributed by atoms with Crippen molar-refractivity contribution in [3.05, 3.63) is 24.3 Å². The van der Waals surface area contributed by atoms with Crippen molar-refractivity contribution in [2.45, 2.75) is 102 Å². The smallest absolute Gasteiger partial charge is 0.418 e. The van der Waals surface area contributed by atoms with Gasteiger partial charge in [-0.25, -0.2) is 0 Å².